The maximum Gasteiger partial charge on any atom is 0.192 e. The first-order chi connectivity index (χ1) is 14.2. The molecule has 1 atom stereocenters. The second-order valence-corrected chi connectivity index (χ2v) is 8.13. The van der Waals surface area contributed by atoms with Gasteiger partial charge in [-0.2, -0.15) is 0 Å². The van der Waals surface area contributed by atoms with Crippen LogP contribution in [-0.4, -0.2) is 50.9 Å². The molecular weight excluding hydrogens is 364 g/mol. The average Bonchev–Trinajstić information content (AvgIpc) is 3.35. The molecule has 2 aromatic rings. The highest BCUT2D eigenvalue weighted by Crippen LogP contribution is 2.19. The van der Waals surface area contributed by atoms with Gasteiger partial charge in [0.2, 0.25) is 0 Å². The van der Waals surface area contributed by atoms with Gasteiger partial charge in [0.1, 0.15) is 18.2 Å². The fourth-order valence-electron chi connectivity index (χ4n) is 4.13. The Morgan fingerprint density at radius 1 is 1.10 bits per heavy atom. The summed E-state index contributed by atoms with van der Waals surface area (Å²) in [6.07, 6.45) is 9.30. The minimum Gasteiger partial charge on any atom is -0.354 e. The van der Waals surface area contributed by atoms with Crippen molar-refractivity contribution in [3.63, 3.8) is 0 Å². The number of aryl methyl sites for hydroxylation is 1. The molecule has 2 fully saturated rings. The summed E-state index contributed by atoms with van der Waals surface area (Å²) in [6, 6.07) is 6.94. The first-order valence-electron chi connectivity index (χ1n) is 10.8. The van der Waals surface area contributed by atoms with Crippen molar-refractivity contribution < 1.29 is 0 Å². The van der Waals surface area contributed by atoms with E-state index in [-0.39, 0.29) is 0 Å². The molecule has 8 nitrogen and oxygen atoms in total. The Kier molecular flexibility index (Phi) is 6.27. The van der Waals surface area contributed by atoms with E-state index in [0.717, 1.165) is 42.9 Å². The fraction of sp³-hybridized carbons (Fsp3) is 0.619. The van der Waals surface area contributed by atoms with Gasteiger partial charge in [-0.1, -0.05) is 25.3 Å². The molecule has 0 bridgehead atoms. The van der Waals surface area contributed by atoms with Gasteiger partial charge in [0.05, 0.1) is 0 Å². The standard InChI is InChI=1S/C21H32N8/c1-16-26-27-20(28(16)2)14-23-21(24-17-8-4-3-5-9-17)25-18-11-13-29(15-18)19-10-6-7-12-22-19/h6-7,10,12,17-18H,3-5,8-9,11,13-15H2,1-2H3,(H2,23,24,25). The molecular formula is C21H32N8. The predicted octanol–water partition coefficient (Wildman–Crippen LogP) is 2.17. The van der Waals surface area contributed by atoms with E-state index in [2.05, 4.69) is 36.8 Å². The summed E-state index contributed by atoms with van der Waals surface area (Å²) < 4.78 is 2.00. The van der Waals surface area contributed by atoms with Crippen molar-refractivity contribution in [1.82, 2.24) is 30.4 Å². The summed E-state index contributed by atoms with van der Waals surface area (Å²) in [5.74, 6) is 3.73. The lowest BCUT2D eigenvalue weighted by molar-refractivity contribution is 0.408. The molecule has 3 heterocycles. The van der Waals surface area contributed by atoms with Crippen LogP contribution >= 0.6 is 0 Å². The van der Waals surface area contributed by atoms with Crippen LogP contribution in [0.25, 0.3) is 0 Å². The SMILES string of the molecule is Cc1nnc(CN=C(NC2CCCCC2)NC2CCN(c3ccccn3)C2)n1C. The average molecular weight is 397 g/mol. The van der Waals surface area contributed by atoms with Gasteiger partial charge in [-0.05, 0) is 38.3 Å². The Bertz CT molecular complexity index is 809. The number of nitrogens with zero attached hydrogens (tertiary/aromatic N) is 6. The van der Waals surface area contributed by atoms with Crippen molar-refractivity contribution in [2.45, 2.75) is 64.1 Å². The highest BCUT2D eigenvalue weighted by Gasteiger charge is 2.25. The van der Waals surface area contributed by atoms with E-state index in [1.807, 2.05) is 36.9 Å². The van der Waals surface area contributed by atoms with Gasteiger partial charge in [-0.15, -0.1) is 10.2 Å². The minimum absolute atomic E-state index is 0.355. The second kappa shape index (κ2) is 9.24. The largest absolute Gasteiger partial charge is 0.354 e. The van der Waals surface area contributed by atoms with E-state index in [1.54, 1.807) is 0 Å². The third-order valence-corrected chi connectivity index (χ3v) is 6.01. The van der Waals surface area contributed by atoms with Crippen LogP contribution in [0.3, 0.4) is 0 Å². The lowest BCUT2D eigenvalue weighted by Gasteiger charge is -2.26. The quantitative estimate of drug-likeness (QED) is 0.595. The Labute approximate surface area is 172 Å². The number of aliphatic imine (C=N–C) groups is 1. The third kappa shape index (κ3) is 5.05. The zero-order valence-electron chi connectivity index (χ0n) is 17.5. The van der Waals surface area contributed by atoms with Crippen molar-refractivity contribution in [2.75, 3.05) is 18.0 Å². The van der Waals surface area contributed by atoms with Crippen molar-refractivity contribution in [1.29, 1.82) is 0 Å². The number of pyridine rings is 1. The van der Waals surface area contributed by atoms with Gasteiger partial charge >= 0.3 is 0 Å². The Balaban J connectivity index is 1.42. The molecule has 0 spiro atoms. The number of aromatic nitrogens is 4. The molecule has 0 aromatic carbocycles. The molecule has 1 saturated carbocycles. The predicted molar refractivity (Wildman–Crippen MR) is 115 cm³/mol. The van der Waals surface area contributed by atoms with Gasteiger partial charge in [-0.3, -0.25) is 0 Å². The first kappa shape index (κ1) is 19.7. The summed E-state index contributed by atoms with van der Waals surface area (Å²) >= 11 is 0. The number of guanidine groups is 1. The van der Waals surface area contributed by atoms with Gasteiger partial charge in [0, 0.05) is 38.4 Å². The molecule has 0 radical (unpaired) electrons. The number of nitrogens with one attached hydrogen (secondary N) is 2. The van der Waals surface area contributed by atoms with Crippen LogP contribution in [0.4, 0.5) is 5.82 Å². The Morgan fingerprint density at radius 3 is 2.66 bits per heavy atom. The lowest BCUT2D eigenvalue weighted by Crippen LogP contribution is -2.48. The zero-order valence-corrected chi connectivity index (χ0v) is 17.5. The second-order valence-electron chi connectivity index (χ2n) is 8.13. The molecule has 0 amide bonds. The maximum absolute atomic E-state index is 4.86. The lowest BCUT2D eigenvalue weighted by atomic mass is 9.96. The van der Waals surface area contributed by atoms with E-state index in [1.165, 1.54) is 32.1 Å². The summed E-state index contributed by atoms with van der Waals surface area (Å²) in [4.78, 5) is 11.7. The molecule has 156 valence electrons. The van der Waals surface area contributed by atoms with E-state index in [0.29, 0.717) is 18.6 Å². The molecule has 2 N–H and O–H groups in total. The van der Waals surface area contributed by atoms with Crippen molar-refractivity contribution in [3.8, 4) is 0 Å². The van der Waals surface area contributed by atoms with Crippen LogP contribution in [0.2, 0.25) is 0 Å². The number of rotatable bonds is 5. The Morgan fingerprint density at radius 2 is 1.93 bits per heavy atom. The van der Waals surface area contributed by atoms with Crippen LogP contribution in [0.1, 0.15) is 50.2 Å². The van der Waals surface area contributed by atoms with Crippen molar-refractivity contribution in [2.24, 2.45) is 12.0 Å². The molecule has 2 aromatic heterocycles. The van der Waals surface area contributed by atoms with Crippen LogP contribution in [0.15, 0.2) is 29.4 Å². The molecule has 29 heavy (non-hydrogen) atoms. The zero-order chi connectivity index (χ0) is 20.1. The smallest absolute Gasteiger partial charge is 0.192 e. The van der Waals surface area contributed by atoms with Crippen LogP contribution in [0, 0.1) is 6.92 Å². The van der Waals surface area contributed by atoms with Gasteiger partial charge < -0.3 is 20.1 Å². The highest BCUT2D eigenvalue weighted by molar-refractivity contribution is 5.80. The third-order valence-electron chi connectivity index (χ3n) is 6.01. The van der Waals surface area contributed by atoms with Crippen molar-refractivity contribution in [3.05, 3.63) is 36.0 Å². The molecule has 4 rings (SSSR count). The summed E-state index contributed by atoms with van der Waals surface area (Å²) in [6.45, 7) is 4.43. The minimum atomic E-state index is 0.355. The molecule has 2 aliphatic rings. The normalized spacial score (nSPS) is 20.8. The molecule has 8 heteroatoms. The van der Waals surface area contributed by atoms with Crippen LogP contribution in [0.5, 0.6) is 0 Å². The highest BCUT2D eigenvalue weighted by atomic mass is 15.3. The molecule has 1 aliphatic heterocycles. The van der Waals surface area contributed by atoms with Crippen LogP contribution < -0.4 is 15.5 Å². The van der Waals surface area contributed by atoms with E-state index in [9.17, 15) is 0 Å². The van der Waals surface area contributed by atoms with Crippen LogP contribution in [-0.2, 0) is 13.6 Å². The summed E-state index contributed by atoms with van der Waals surface area (Å²) in [5.41, 5.74) is 0. The molecule has 1 saturated heterocycles. The first-order valence-corrected chi connectivity index (χ1v) is 10.8. The Hall–Kier alpha value is -2.64. The number of hydrogen-bond acceptors (Lipinski definition) is 5. The van der Waals surface area contributed by atoms with E-state index in [4.69, 9.17) is 4.99 Å². The molecule has 1 unspecified atom stereocenters. The topological polar surface area (TPSA) is 83.3 Å². The monoisotopic (exact) mass is 396 g/mol. The number of anilines is 1. The fourth-order valence-corrected chi connectivity index (χ4v) is 4.13. The van der Waals surface area contributed by atoms with E-state index < -0.39 is 0 Å². The van der Waals surface area contributed by atoms with Crippen molar-refractivity contribution >= 4 is 11.8 Å². The van der Waals surface area contributed by atoms with E-state index >= 15 is 0 Å². The van der Waals surface area contributed by atoms with Gasteiger partial charge in [0.25, 0.3) is 0 Å². The van der Waals surface area contributed by atoms with Gasteiger partial charge in [-0.25, -0.2) is 9.98 Å². The summed E-state index contributed by atoms with van der Waals surface area (Å²) in [5, 5.41) is 15.8. The number of hydrogen-bond donors (Lipinski definition) is 2. The summed E-state index contributed by atoms with van der Waals surface area (Å²) in [7, 11) is 1.99. The maximum atomic E-state index is 4.86. The van der Waals surface area contributed by atoms with Gasteiger partial charge in [0.15, 0.2) is 11.8 Å². The molecule has 1 aliphatic carbocycles.